The molecule has 0 spiro atoms. The molecule has 0 aromatic heterocycles. The van der Waals surface area contributed by atoms with Crippen LogP contribution in [0.25, 0.3) is 0 Å². The van der Waals surface area contributed by atoms with E-state index >= 15 is 0 Å². The summed E-state index contributed by atoms with van der Waals surface area (Å²) in [5.41, 5.74) is 0. The molecule has 0 aliphatic rings. The van der Waals surface area contributed by atoms with Crippen LogP contribution in [0.15, 0.2) is 0 Å². The summed E-state index contributed by atoms with van der Waals surface area (Å²) in [4.78, 5) is 20.9. The Kier molecular flexibility index (Phi) is 3.43. The molecule has 0 atom stereocenters. The zero-order valence-corrected chi connectivity index (χ0v) is 5.20. The first-order valence-electron chi connectivity index (χ1n) is 2.63. The van der Waals surface area contributed by atoms with Gasteiger partial charge in [0.25, 0.3) is 0 Å². The molecule has 0 radical (unpaired) electrons. The van der Waals surface area contributed by atoms with Crippen molar-refractivity contribution >= 4 is 12.4 Å². The summed E-state index contributed by atoms with van der Waals surface area (Å²) < 4.78 is 0. The minimum absolute atomic E-state index is 0.0359. The van der Waals surface area contributed by atoms with Gasteiger partial charge < -0.3 is 14.8 Å². The number of hydrogen-bond acceptors (Lipinski definition) is 2. The monoisotopic (exact) mass is 131 g/mol. The van der Waals surface area contributed by atoms with Crippen LogP contribution in [0.5, 0.6) is 0 Å². The first kappa shape index (κ1) is 7.94. The molecular weight excluding hydrogens is 122 g/mol. The van der Waals surface area contributed by atoms with E-state index in [2.05, 4.69) is 0 Å². The van der Waals surface area contributed by atoms with E-state index in [1.165, 1.54) is 0 Å². The van der Waals surface area contributed by atoms with E-state index in [0.29, 0.717) is 12.8 Å². The second-order valence-corrected chi connectivity index (χ2v) is 1.49. The van der Waals surface area contributed by atoms with Gasteiger partial charge in [-0.3, -0.25) is 0 Å². The summed E-state index contributed by atoms with van der Waals surface area (Å²) >= 11 is 0. The number of hydrogen-bond donors (Lipinski definition) is 1. The van der Waals surface area contributed by atoms with E-state index in [-0.39, 0.29) is 6.54 Å². The van der Waals surface area contributed by atoms with Crippen LogP contribution in [0.1, 0.15) is 6.92 Å². The lowest BCUT2D eigenvalue weighted by Crippen LogP contribution is -2.30. The molecule has 1 N–H and O–H groups in total. The SMILES string of the molecule is CCN(CC=O)C(=O)O. The first-order chi connectivity index (χ1) is 4.22. The largest absolute Gasteiger partial charge is 0.465 e. The Morgan fingerprint density at radius 2 is 2.33 bits per heavy atom. The van der Waals surface area contributed by atoms with Gasteiger partial charge in [-0.2, -0.15) is 0 Å². The number of carbonyl (C=O) groups excluding carboxylic acids is 1. The van der Waals surface area contributed by atoms with E-state index in [4.69, 9.17) is 5.11 Å². The lowest BCUT2D eigenvalue weighted by Gasteiger charge is -2.11. The van der Waals surface area contributed by atoms with Crippen LogP contribution in [-0.2, 0) is 4.79 Å². The van der Waals surface area contributed by atoms with Crippen molar-refractivity contribution in [3.63, 3.8) is 0 Å². The smallest absolute Gasteiger partial charge is 0.407 e. The van der Waals surface area contributed by atoms with Crippen LogP contribution in [0.3, 0.4) is 0 Å². The third-order valence-electron chi connectivity index (χ3n) is 0.947. The van der Waals surface area contributed by atoms with Crippen molar-refractivity contribution in [1.82, 2.24) is 4.90 Å². The highest BCUT2D eigenvalue weighted by Crippen LogP contribution is 1.84. The van der Waals surface area contributed by atoms with Gasteiger partial charge in [0.2, 0.25) is 0 Å². The molecule has 1 amide bonds. The van der Waals surface area contributed by atoms with Crippen molar-refractivity contribution < 1.29 is 14.7 Å². The molecular formula is C5H9NO3. The highest BCUT2D eigenvalue weighted by molar-refractivity contribution is 5.69. The maximum Gasteiger partial charge on any atom is 0.407 e. The maximum absolute atomic E-state index is 10.1. The van der Waals surface area contributed by atoms with Crippen molar-refractivity contribution in [1.29, 1.82) is 0 Å². The first-order valence-corrected chi connectivity index (χ1v) is 2.63. The van der Waals surface area contributed by atoms with Crippen LogP contribution in [0.2, 0.25) is 0 Å². The van der Waals surface area contributed by atoms with Gasteiger partial charge in [0.05, 0.1) is 6.54 Å². The average Bonchev–Trinajstić information content (AvgIpc) is 1.82. The predicted octanol–water partition coefficient (Wildman–Crippen LogP) is 0.185. The van der Waals surface area contributed by atoms with Gasteiger partial charge in [-0.05, 0) is 6.92 Å². The van der Waals surface area contributed by atoms with E-state index in [1.54, 1.807) is 6.92 Å². The summed E-state index contributed by atoms with van der Waals surface area (Å²) in [5, 5.41) is 8.27. The van der Waals surface area contributed by atoms with Gasteiger partial charge in [0.15, 0.2) is 0 Å². The Morgan fingerprint density at radius 3 is 2.44 bits per heavy atom. The Morgan fingerprint density at radius 1 is 1.78 bits per heavy atom. The highest BCUT2D eigenvalue weighted by atomic mass is 16.4. The summed E-state index contributed by atoms with van der Waals surface area (Å²) in [6.45, 7) is 2.00. The molecule has 9 heavy (non-hydrogen) atoms. The van der Waals surface area contributed by atoms with Crippen molar-refractivity contribution in [2.75, 3.05) is 13.1 Å². The fourth-order valence-corrected chi connectivity index (χ4v) is 0.432. The van der Waals surface area contributed by atoms with Crippen LogP contribution in [0, 0.1) is 0 Å². The van der Waals surface area contributed by atoms with E-state index in [1.807, 2.05) is 0 Å². The number of amides is 1. The molecule has 4 nitrogen and oxygen atoms in total. The van der Waals surface area contributed by atoms with E-state index in [0.717, 1.165) is 4.90 Å². The quantitative estimate of drug-likeness (QED) is 0.556. The summed E-state index contributed by atoms with van der Waals surface area (Å²) in [5.74, 6) is 0. The molecule has 0 rings (SSSR count). The zero-order valence-electron chi connectivity index (χ0n) is 5.20. The summed E-state index contributed by atoms with van der Waals surface area (Å²) in [6.07, 6.45) is -0.484. The van der Waals surface area contributed by atoms with Crippen molar-refractivity contribution in [2.45, 2.75) is 6.92 Å². The number of aldehydes is 1. The average molecular weight is 131 g/mol. The number of likely N-dealkylation sites (N-methyl/N-ethyl adjacent to an activating group) is 1. The minimum atomic E-state index is -1.05. The number of carboxylic acid groups (broad SMARTS) is 1. The van der Waals surface area contributed by atoms with Crippen LogP contribution in [0.4, 0.5) is 4.79 Å². The normalized spacial score (nSPS) is 8.56. The van der Waals surface area contributed by atoms with Crippen molar-refractivity contribution in [3.8, 4) is 0 Å². The number of carbonyl (C=O) groups is 2. The molecule has 0 saturated heterocycles. The second kappa shape index (κ2) is 3.88. The number of nitrogens with zero attached hydrogens (tertiary/aromatic N) is 1. The molecule has 4 heteroatoms. The molecule has 0 aliphatic carbocycles. The van der Waals surface area contributed by atoms with Crippen molar-refractivity contribution in [2.24, 2.45) is 0 Å². The molecule has 0 fully saturated rings. The zero-order chi connectivity index (χ0) is 7.28. The van der Waals surface area contributed by atoms with Crippen molar-refractivity contribution in [3.05, 3.63) is 0 Å². The Labute approximate surface area is 53.1 Å². The Balaban J connectivity index is 3.67. The number of rotatable bonds is 3. The molecule has 0 aromatic carbocycles. The lowest BCUT2D eigenvalue weighted by molar-refractivity contribution is -0.108. The van der Waals surface area contributed by atoms with Gasteiger partial charge in [-0.25, -0.2) is 4.79 Å². The van der Waals surface area contributed by atoms with E-state index < -0.39 is 6.09 Å². The predicted molar refractivity (Wildman–Crippen MR) is 31.3 cm³/mol. The molecule has 0 saturated carbocycles. The van der Waals surface area contributed by atoms with Gasteiger partial charge >= 0.3 is 6.09 Å². The standard InChI is InChI=1S/C5H9NO3/c1-2-6(3-4-7)5(8)9/h4H,2-3H2,1H3,(H,8,9). The fraction of sp³-hybridized carbons (Fsp3) is 0.600. The lowest BCUT2D eigenvalue weighted by atomic mass is 10.5. The van der Waals surface area contributed by atoms with Gasteiger partial charge in [-0.15, -0.1) is 0 Å². The van der Waals surface area contributed by atoms with Gasteiger partial charge in [0.1, 0.15) is 6.29 Å². The molecule has 0 aliphatic heterocycles. The maximum atomic E-state index is 10.1. The summed E-state index contributed by atoms with van der Waals surface area (Å²) in [7, 11) is 0. The third kappa shape index (κ3) is 2.69. The second-order valence-electron chi connectivity index (χ2n) is 1.49. The molecule has 0 unspecified atom stereocenters. The van der Waals surface area contributed by atoms with Crippen LogP contribution in [-0.4, -0.2) is 35.5 Å². The fourth-order valence-electron chi connectivity index (χ4n) is 0.432. The third-order valence-corrected chi connectivity index (χ3v) is 0.947. The molecule has 0 bridgehead atoms. The van der Waals surface area contributed by atoms with Gasteiger partial charge in [-0.1, -0.05) is 0 Å². The topological polar surface area (TPSA) is 57.6 Å². The van der Waals surface area contributed by atoms with Crippen LogP contribution >= 0.6 is 0 Å². The van der Waals surface area contributed by atoms with Crippen LogP contribution < -0.4 is 0 Å². The molecule has 0 aromatic rings. The highest BCUT2D eigenvalue weighted by Gasteiger charge is 2.05. The van der Waals surface area contributed by atoms with Gasteiger partial charge in [0, 0.05) is 6.54 Å². The molecule has 0 heterocycles. The Bertz CT molecular complexity index is 113. The molecule has 52 valence electrons. The van der Waals surface area contributed by atoms with E-state index in [9.17, 15) is 9.59 Å². The summed E-state index contributed by atoms with van der Waals surface area (Å²) in [6, 6.07) is 0. The minimum Gasteiger partial charge on any atom is -0.465 e. The Hall–Kier alpha value is -1.06.